The van der Waals surface area contributed by atoms with Crippen LogP contribution in [0.3, 0.4) is 0 Å². The molecule has 4 saturated carbocycles. The molecule has 0 radical (unpaired) electrons. The summed E-state index contributed by atoms with van der Waals surface area (Å²) in [6, 6.07) is 4.85. The molecule has 1 N–H and O–H groups in total. The lowest BCUT2D eigenvalue weighted by atomic mass is 9.53. The minimum Gasteiger partial charge on any atom is -0.496 e. The average Bonchev–Trinajstić information content (AvgIpc) is 2.64. The van der Waals surface area contributed by atoms with Crippen LogP contribution in [0, 0.1) is 17.8 Å². The van der Waals surface area contributed by atoms with E-state index < -0.39 is 10.0 Å². The molecule has 0 aliphatic heterocycles. The Kier molecular flexibility index (Phi) is 5.40. The highest BCUT2D eigenvalue weighted by Gasteiger charge is 2.51. The van der Waals surface area contributed by atoms with Crippen LogP contribution >= 0.6 is 0 Å². The molecule has 0 atom stereocenters. The summed E-state index contributed by atoms with van der Waals surface area (Å²) in [6.45, 7) is 0. The second kappa shape index (κ2) is 7.58. The SMILES string of the molecule is COc1ccc(S(=O)(=O)N(C)C)cc1CCC(=O)NC12CC3CC(CC(C3)C1)C2. The first-order valence-electron chi connectivity index (χ1n) is 10.6. The maximum atomic E-state index is 12.8. The number of amides is 1. The topological polar surface area (TPSA) is 75.7 Å². The maximum Gasteiger partial charge on any atom is 0.242 e. The number of rotatable bonds is 7. The molecule has 29 heavy (non-hydrogen) atoms. The Balaban J connectivity index is 1.44. The third-order valence-corrected chi connectivity index (χ3v) is 8.91. The molecule has 4 aliphatic carbocycles. The fourth-order valence-electron chi connectivity index (χ4n) is 6.19. The number of nitrogens with one attached hydrogen (secondary N) is 1. The van der Waals surface area contributed by atoms with Crippen molar-refractivity contribution in [1.29, 1.82) is 0 Å². The predicted molar refractivity (Wildman–Crippen MR) is 111 cm³/mol. The van der Waals surface area contributed by atoms with Crippen LogP contribution < -0.4 is 10.1 Å². The van der Waals surface area contributed by atoms with Gasteiger partial charge in [0.15, 0.2) is 0 Å². The molecular formula is C22H32N2O4S. The van der Waals surface area contributed by atoms with Crippen LogP contribution in [-0.4, -0.2) is 45.4 Å². The van der Waals surface area contributed by atoms with E-state index in [2.05, 4.69) is 5.32 Å². The molecule has 5 rings (SSSR count). The first-order valence-corrected chi connectivity index (χ1v) is 12.1. The van der Waals surface area contributed by atoms with Crippen molar-refractivity contribution in [3.63, 3.8) is 0 Å². The predicted octanol–water partition coefficient (Wildman–Crippen LogP) is 2.96. The van der Waals surface area contributed by atoms with Gasteiger partial charge in [-0.25, -0.2) is 12.7 Å². The summed E-state index contributed by atoms with van der Waals surface area (Å²) >= 11 is 0. The molecule has 0 aromatic heterocycles. The number of methoxy groups -OCH3 is 1. The fourth-order valence-corrected chi connectivity index (χ4v) is 7.14. The van der Waals surface area contributed by atoms with Crippen LogP contribution in [0.4, 0.5) is 0 Å². The standard InChI is InChI=1S/C22H32N2O4S/c1-24(2)29(26,27)19-5-6-20(28-3)18(11-19)4-7-21(25)23-22-12-15-8-16(13-22)10-17(9-15)14-22/h5-6,11,15-17H,4,7-10,12-14H2,1-3H3,(H,23,25). The van der Waals surface area contributed by atoms with Gasteiger partial charge >= 0.3 is 0 Å². The van der Waals surface area contributed by atoms with Crippen molar-refractivity contribution in [3.8, 4) is 5.75 Å². The Morgan fingerprint density at radius 1 is 1.14 bits per heavy atom. The van der Waals surface area contributed by atoms with Crippen molar-refractivity contribution < 1.29 is 17.9 Å². The highest BCUT2D eigenvalue weighted by molar-refractivity contribution is 7.89. The molecule has 0 spiro atoms. The quantitative estimate of drug-likeness (QED) is 0.736. The van der Waals surface area contributed by atoms with Crippen molar-refractivity contribution in [1.82, 2.24) is 9.62 Å². The third kappa shape index (κ3) is 4.04. The summed E-state index contributed by atoms with van der Waals surface area (Å²) in [5, 5.41) is 3.39. The van der Waals surface area contributed by atoms with Crippen LogP contribution in [0.1, 0.15) is 50.5 Å². The van der Waals surface area contributed by atoms with Crippen LogP contribution in [0.25, 0.3) is 0 Å². The monoisotopic (exact) mass is 420 g/mol. The van der Waals surface area contributed by atoms with Gasteiger partial charge in [0, 0.05) is 26.1 Å². The number of benzene rings is 1. The van der Waals surface area contributed by atoms with Crippen molar-refractivity contribution in [2.75, 3.05) is 21.2 Å². The van der Waals surface area contributed by atoms with Gasteiger partial charge in [-0.05, 0) is 86.5 Å². The number of nitrogens with zero attached hydrogens (tertiary/aromatic N) is 1. The Morgan fingerprint density at radius 2 is 1.72 bits per heavy atom. The first kappa shape index (κ1) is 20.7. The molecule has 4 fully saturated rings. The molecule has 1 amide bonds. The number of sulfonamides is 1. The Labute approximate surface area is 174 Å². The van der Waals surface area contributed by atoms with E-state index in [1.165, 1.54) is 37.7 Å². The van der Waals surface area contributed by atoms with E-state index in [4.69, 9.17) is 4.74 Å². The van der Waals surface area contributed by atoms with E-state index in [1.807, 2.05) is 0 Å². The highest BCUT2D eigenvalue weighted by Crippen LogP contribution is 2.55. The van der Waals surface area contributed by atoms with Crippen molar-refractivity contribution in [2.45, 2.75) is 61.8 Å². The van der Waals surface area contributed by atoms with Gasteiger partial charge in [-0.1, -0.05) is 0 Å². The lowest BCUT2D eigenvalue weighted by Gasteiger charge is -2.56. The number of carbonyl (C=O) groups is 1. The number of aryl methyl sites for hydroxylation is 1. The number of hydrogen-bond acceptors (Lipinski definition) is 4. The van der Waals surface area contributed by atoms with Gasteiger partial charge in [-0.15, -0.1) is 0 Å². The molecule has 1 aromatic carbocycles. The molecule has 0 unspecified atom stereocenters. The molecule has 0 saturated heterocycles. The highest BCUT2D eigenvalue weighted by atomic mass is 32.2. The third-order valence-electron chi connectivity index (χ3n) is 7.09. The summed E-state index contributed by atoms with van der Waals surface area (Å²) in [5.74, 6) is 3.04. The van der Waals surface area contributed by atoms with E-state index in [1.54, 1.807) is 25.3 Å². The Morgan fingerprint density at radius 3 is 2.24 bits per heavy atom. The zero-order valence-corrected chi connectivity index (χ0v) is 18.4. The molecule has 160 valence electrons. The van der Waals surface area contributed by atoms with Gasteiger partial charge < -0.3 is 10.1 Å². The number of hydrogen-bond donors (Lipinski definition) is 1. The summed E-state index contributed by atoms with van der Waals surface area (Å²) in [6.07, 6.45) is 8.22. The van der Waals surface area contributed by atoms with E-state index in [0.717, 1.165) is 42.6 Å². The minimum atomic E-state index is -3.52. The van der Waals surface area contributed by atoms with Crippen molar-refractivity contribution in [2.24, 2.45) is 17.8 Å². The lowest BCUT2D eigenvalue weighted by Crippen LogP contribution is -2.59. The molecule has 7 heteroatoms. The smallest absolute Gasteiger partial charge is 0.242 e. The molecule has 0 heterocycles. The van der Waals surface area contributed by atoms with Crippen LogP contribution in [0.2, 0.25) is 0 Å². The van der Waals surface area contributed by atoms with Gasteiger partial charge in [-0.2, -0.15) is 0 Å². The van der Waals surface area contributed by atoms with Crippen molar-refractivity contribution >= 4 is 15.9 Å². The Hall–Kier alpha value is -1.60. The minimum absolute atomic E-state index is 0.00598. The maximum absolute atomic E-state index is 12.8. The number of carbonyl (C=O) groups excluding carboxylic acids is 1. The molecular weight excluding hydrogens is 388 g/mol. The summed E-state index contributed by atoms with van der Waals surface area (Å²) in [4.78, 5) is 13.0. The van der Waals surface area contributed by atoms with E-state index in [0.29, 0.717) is 18.6 Å². The van der Waals surface area contributed by atoms with E-state index in [-0.39, 0.29) is 16.3 Å². The normalized spacial score (nSPS) is 30.6. The van der Waals surface area contributed by atoms with Crippen LogP contribution in [0.15, 0.2) is 23.1 Å². The number of ether oxygens (including phenoxy) is 1. The van der Waals surface area contributed by atoms with Gasteiger partial charge in [0.25, 0.3) is 0 Å². The van der Waals surface area contributed by atoms with Gasteiger partial charge in [0.05, 0.1) is 12.0 Å². The average molecular weight is 421 g/mol. The molecule has 1 aromatic rings. The largest absolute Gasteiger partial charge is 0.496 e. The second-order valence-electron chi connectivity index (χ2n) is 9.51. The van der Waals surface area contributed by atoms with E-state index >= 15 is 0 Å². The van der Waals surface area contributed by atoms with Crippen LogP contribution in [-0.2, 0) is 21.2 Å². The molecule has 4 aliphatic rings. The summed E-state index contributed by atoms with van der Waals surface area (Å²) < 4.78 is 31.5. The summed E-state index contributed by atoms with van der Waals surface area (Å²) in [7, 11) is 1.07. The fraction of sp³-hybridized carbons (Fsp3) is 0.682. The lowest BCUT2D eigenvalue weighted by molar-refractivity contribution is -0.126. The van der Waals surface area contributed by atoms with Gasteiger partial charge in [0.1, 0.15) is 5.75 Å². The van der Waals surface area contributed by atoms with Crippen molar-refractivity contribution in [3.05, 3.63) is 23.8 Å². The first-order chi connectivity index (χ1) is 13.7. The second-order valence-corrected chi connectivity index (χ2v) is 11.7. The zero-order valence-electron chi connectivity index (χ0n) is 17.6. The molecule has 6 nitrogen and oxygen atoms in total. The van der Waals surface area contributed by atoms with Gasteiger partial charge in [-0.3, -0.25) is 4.79 Å². The molecule has 4 bridgehead atoms. The zero-order chi connectivity index (χ0) is 20.8. The van der Waals surface area contributed by atoms with Crippen LogP contribution in [0.5, 0.6) is 5.75 Å². The van der Waals surface area contributed by atoms with Gasteiger partial charge in [0.2, 0.25) is 15.9 Å². The van der Waals surface area contributed by atoms with E-state index in [9.17, 15) is 13.2 Å². The Bertz CT molecular complexity index is 859. The summed E-state index contributed by atoms with van der Waals surface area (Å²) in [5.41, 5.74) is 0.752.